The third-order valence-electron chi connectivity index (χ3n) is 4.34. The first kappa shape index (κ1) is 18.9. The fourth-order valence-electron chi connectivity index (χ4n) is 2.96. The summed E-state index contributed by atoms with van der Waals surface area (Å²) in [6.07, 6.45) is 0. The molecule has 7 nitrogen and oxygen atoms in total. The Morgan fingerprint density at radius 1 is 1.35 bits per heavy atom. The minimum atomic E-state index is -0.301. The molecule has 1 aromatic carbocycles. The zero-order valence-corrected chi connectivity index (χ0v) is 15.7. The summed E-state index contributed by atoms with van der Waals surface area (Å²) >= 11 is 1.25. The number of hydrogen-bond donors (Lipinski definition) is 1. The van der Waals surface area contributed by atoms with Crippen LogP contribution in [0.3, 0.4) is 0 Å². The molecule has 0 saturated carbocycles. The number of thioether (sulfide) groups is 1. The van der Waals surface area contributed by atoms with Gasteiger partial charge in [-0.05, 0) is 19.1 Å². The maximum atomic E-state index is 13.0. The Balaban J connectivity index is 1.84. The monoisotopic (exact) mass is 378 g/mol. The number of rotatable bonds is 7. The summed E-state index contributed by atoms with van der Waals surface area (Å²) in [4.78, 5) is 30.7. The number of hydrogen-bond acceptors (Lipinski definition) is 6. The van der Waals surface area contributed by atoms with Crippen LogP contribution in [0.5, 0.6) is 0 Å². The van der Waals surface area contributed by atoms with Gasteiger partial charge in [0.2, 0.25) is 0 Å². The molecule has 1 aromatic heterocycles. The maximum Gasteiger partial charge on any atom is 0.316 e. The molecule has 0 aliphatic carbocycles. The average molecular weight is 378 g/mol. The molecule has 1 N–H and O–H groups in total. The number of para-hydroxylation sites is 1. The van der Waals surface area contributed by atoms with Crippen LogP contribution in [-0.4, -0.2) is 60.7 Å². The van der Waals surface area contributed by atoms with E-state index in [-0.39, 0.29) is 17.3 Å². The van der Waals surface area contributed by atoms with Crippen molar-refractivity contribution in [3.63, 3.8) is 0 Å². The Bertz CT molecular complexity index is 818. The normalized spacial score (nSPS) is 15.3. The molecule has 0 bridgehead atoms. The van der Waals surface area contributed by atoms with Crippen molar-refractivity contribution in [2.75, 3.05) is 45.2 Å². The molecule has 0 spiro atoms. The summed E-state index contributed by atoms with van der Waals surface area (Å²) in [6.45, 7) is 6.92. The first-order chi connectivity index (χ1) is 12.7. The van der Waals surface area contributed by atoms with Crippen LogP contribution in [0.15, 0.2) is 34.2 Å². The van der Waals surface area contributed by atoms with Gasteiger partial charge in [-0.15, -0.1) is 0 Å². The van der Waals surface area contributed by atoms with Crippen LogP contribution in [-0.2, 0) is 20.8 Å². The summed E-state index contributed by atoms with van der Waals surface area (Å²) in [5.74, 6) is -0.159. The van der Waals surface area contributed by atoms with E-state index in [1.165, 1.54) is 16.7 Å². The first-order valence-corrected chi connectivity index (χ1v) is 9.87. The number of quaternary nitrogens is 1. The topological polar surface area (TPSA) is 74.9 Å². The number of morpholine rings is 1. The molecule has 1 saturated heterocycles. The van der Waals surface area contributed by atoms with Crippen LogP contribution < -0.4 is 10.5 Å². The lowest BCUT2D eigenvalue weighted by Crippen LogP contribution is -3.14. The smallest absolute Gasteiger partial charge is 0.316 e. The molecule has 3 rings (SSSR count). The number of carbonyl (C=O) groups excluding carboxylic acids is 1. The number of esters is 1. The van der Waals surface area contributed by atoms with Crippen LogP contribution in [0.25, 0.3) is 10.9 Å². The lowest BCUT2D eigenvalue weighted by molar-refractivity contribution is -0.908. The Morgan fingerprint density at radius 2 is 2.12 bits per heavy atom. The zero-order valence-electron chi connectivity index (χ0n) is 14.9. The van der Waals surface area contributed by atoms with Gasteiger partial charge in [0.15, 0.2) is 5.16 Å². The fourth-order valence-corrected chi connectivity index (χ4v) is 3.78. The molecule has 1 fully saturated rings. The van der Waals surface area contributed by atoms with Gasteiger partial charge in [0.05, 0.1) is 49.6 Å². The third kappa shape index (κ3) is 4.63. The summed E-state index contributed by atoms with van der Waals surface area (Å²) in [5.41, 5.74) is 0.591. The minimum absolute atomic E-state index is 0.0605. The Hall–Kier alpha value is -1.90. The van der Waals surface area contributed by atoms with Crippen LogP contribution in [0.4, 0.5) is 0 Å². The number of aromatic nitrogens is 2. The van der Waals surface area contributed by atoms with E-state index in [1.807, 2.05) is 18.2 Å². The predicted octanol–water partition coefficient (Wildman–Crippen LogP) is -0.0332. The number of benzene rings is 1. The molecule has 0 radical (unpaired) electrons. The molecule has 0 atom stereocenters. The van der Waals surface area contributed by atoms with E-state index in [1.54, 1.807) is 17.6 Å². The quantitative estimate of drug-likeness (QED) is 0.414. The van der Waals surface area contributed by atoms with E-state index in [0.29, 0.717) is 29.2 Å². The molecular formula is C18H24N3O4S+. The first-order valence-electron chi connectivity index (χ1n) is 8.88. The largest absolute Gasteiger partial charge is 0.465 e. The van der Waals surface area contributed by atoms with E-state index in [9.17, 15) is 9.59 Å². The minimum Gasteiger partial charge on any atom is -0.465 e. The number of nitrogens with zero attached hydrogens (tertiary/aromatic N) is 2. The van der Waals surface area contributed by atoms with Crippen molar-refractivity contribution >= 4 is 28.6 Å². The Kier molecular flexibility index (Phi) is 6.65. The molecule has 140 valence electrons. The lowest BCUT2D eigenvalue weighted by atomic mass is 10.2. The fraction of sp³-hybridized carbons (Fsp3) is 0.500. The van der Waals surface area contributed by atoms with E-state index in [0.717, 1.165) is 32.8 Å². The van der Waals surface area contributed by atoms with Crippen molar-refractivity contribution in [1.82, 2.24) is 9.55 Å². The van der Waals surface area contributed by atoms with E-state index >= 15 is 0 Å². The maximum absolute atomic E-state index is 13.0. The highest BCUT2D eigenvalue weighted by Gasteiger charge is 2.17. The zero-order chi connectivity index (χ0) is 18.4. The van der Waals surface area contributed by atoms with Crippen LogP contribution in [0.2, 0.25) is 0 Å². The van der Waals surface area contributed by atoms with E-state index in [2.05, 4.69) is 4.98 Å². The van der Waals surface area contributed by atoms with Gasteiger partial charge < -0.3 is 14.4 Å². The summed E-state index contributed by atoms with van der Waals surface area (Å²) in [5, 5.41) is 1.17. The third-order valence-corrected chi connectivity index (χ3v) is 5.29. The highest BCUT2D eigenvalue weighted by Crippen LogP contribution is 2.17. The van der Waals surface area contributed by atoms with Gasteiger partial charge in [-0.1, -0.05) is 23.9 Å². The number of fused-ring (bicyclic) bond motifs is 1. The van der Waals surface area contributed by atoms with E-state index in [4.69, 9.17) is 9.47 Å². The van der Waals surface area contributed by atoms with Gasteiger partial charge in [0.25, 0.3) is 5.56 Å². The average Bonchev–Trinajstić information content (AvgIpc) is 2.67. The van der Waals surface area contributed by atoms with Crippen molar-refractivity contribution in [2.24, 2.45) is 0 Å². The van der Waals surface area contributed by atoms with Crippen molar-refractivity contribution in [3.8, 4) is 0 Å². The molecule has 0 amide bonds. The second kappa shape index (κ2) is 9.16. The molecule has 1 aliphatic rings. The van der Waals surface area contributed by atoms with Gasteiger partial charge in [-0.3, -0.25) is 14.2 Å². The number of ether oxygens (including phenoxy) is 2. The summed E-state index contributed by atoms with van der Waals surface area (Å²) < 4.78 is 12.1. The second-order valence-electron chi connectivity index (χ2n) is 6.07. The Labute approximate surface area is 156 Å². The summed E-state index contributed by atoms with van der Waals surface area (Å²) in [7, 11) is 0. The predicted molar refractivity (Wildman–Crippen MR) is 99.7 cm³/mol. The summed E-state index contributed by atoms with van der Waals surface area (Å²) in [6, 6.07) is 7.32. The van der Waals surface area contributed by atoms with Crippen LogP contribution >= 0.6 is 11.8 Å². The van der Waals surface area contributed by atoms with Gasteiger partial charge in [-0.25, -0.2) is 4.98 Å². The SMILES string of the molecule is CCOC(=O)CSc1nc2ccccc2c(=O)n1CC[NH+]1CCOCC1. The van der Waals surface area contributed by atoms with Crippen molar-refractivity contribution in [1.29, 1.82) is 0 Å². The second-order valence-corrected chi connectivity index (χ2v) is 7.02. The molecule has 26 heavy (non-hydrogen) atoms. The van der Waals surface area contributed by atoms with E-state index < -0.39 is 0 Å². The lowest BCUT2D eigenvalue weighted by Gasteiger charge is -2.24. The molecule has 2 aromatic rings. The molecule has 1 aliphatic heterocycles. The van der Waals surface area contributed by atoms with Gasteiger partial charge in [0.1, 0.15) is 13.1 Å². The number of carbonyl (C=O) groups is 1. The molecule has 0 unspecified atom stereocenters. The van der Waals surface area contributed by atoms with Crippen LogP contribution in [0.1, 0.15) is 6.92 Å². The Morgan fingerprint density at radius 3 is 2.88 bits per heavy atom. The standard InChI is InChI=1S/C18H23N3O4S/c1-2-25-16(22)13-26-18-19-15-6-4-3-5-14(15)17(23)21(18)8-7-20-9-11-24-12-10-20/h3-6H,2,7-13H2,1H3/p+1. The van der Waals surface area contributed by atoms with Gasteiger partial charge in [-0.2, -0.15) is 0 Å². The molecule has 8 heteroatoms. The highest BCUT2D eigenvalue weighted by atomic mass is 32.2. The number of nitrogens with one attached hydrogen (secondary N) is 1. The molecule has 2 heterocycles. The highest BCUT2D eigenvalue weighted by molar-refractivity contribution is 7.99. The van der Waals surface area contributed by atoms with Crippen molar-refractivity contribution in [2.45, 2.75) is 18.6 Å². The van der Waals surface area contributed by atoms with Crippen molar-refractivity contribution in [3.05, 3.63) is 34.6 Å². The van der Waals surface area contributed by atoms with Gasteiger partial charge in [0, 0.05) is 0 Å². The molecular weight excluding hydrogens is 354 g/mol. The van der Waals surface area contributed by atoms with Crippen molar-refractivity contribution < 1.29 is 19.2 Å². The van der Waals surface area contributed by atoms with Gasteiger partial charge >= 0.3 is 5.97 Å². The van der Waals surface area contributed by atoms with Crippen LogP contribution in [0, 0.1) is 0 Å².